The summed E-state index contributed by atoms with van der Waals surface area (Å²) in [7, 11) is 1.46. The van der Waals surface area contributed by atoms with E-state index in [4.69, 9.17) is 16.3 Å². The summed E-state index contributed by atoms with van der Waals surface area (Å²) < 4.78 is 43.8. The molecule has 0 aliphatic heterocycles. The maximum absolute atomic E-state index is 12.9. The number of aromatic nitrogens is 1. The first-order chi connectivity index (χ1) is 13.3. The molecule has 0 fully saturated rings. The van der Waals surface area contributed by atoms with Gasteiger partial charge in [0.2, 0.25) is 0 Å². The van der Waals surface area contributed by atoms with Crippen molar-refractivity contribution in [1.82, 2.24) is 4.98 Å². The van der Waals surface area contributed by atoms with Gasteiger partial charge >= 0.3 is 12.3 Å². The third-order valence-corrected chi connectivity index (χ3v) is 4.30. The second-order valence-electron chi connectivity index (χ2n) is 5.85. The van der Waals surface area contributed by atoms with Gasteiger partial charge in [0.05, 0.1) is 10.6 Å². The lowest BCUT2D eigenvalue weighted by Crippen LogP contribution is -2.29. The van der Waals surface area contributed by atoms with Gasteiger partial charge in [0.25, 0.3) is 0 Å². The maximum atomic E-state index is 12.9. The second-order valence-corrected chi connectivity index (χ2v) is 6.26. The Labute approximate surface area is 164 Å². The fourth-order valence-electron chi connectivity index (χ4n) is 2.47. The van der Waals surface area contributed by atoms with Crippen LogP contribution in [-0.4, -0.2) is 18.1 Å². The van der Waals surface area contributed by atoms with Crippen molar-refractivity contribution in [3.05, 3.63) is 77.6 Å². The molecule has 0 radical (unpaired) electrons. The normalized spacial score (nSPS) is 11.2. The van der Waals surface area contributed by atoms with E-state index in [2.05, 4.69) is 4.98 Å². The van der Waals surface area contributed by atoms with Gasteiger partial charge in [0.15, 0.2) is 0 Å². The van der Waals surface area contributed by atoms with Crippen LogP contribution in [0.15, 0.2) is 67.0 Å². The Morgan fingerprint density at radius 3 is 2.39 bits per heavy atom. The van der Waals surface area contributed by atoms with Crippen LogP contribution in [-0.2, 0) is 6.18 Å². The number of nitrogens with zero attached hydrogens (tertiary/aromatic N) is 2. The summed E-state index contributed by atoms with van der Waals surface area (Å²) in [4.78, 5) is 17.5. The number of hydrogen-bond donors (Lipinski definition) is 0. The highest BCUT2D eigenvalue weighted by molar-refractivity contribution is 6.31. The molecule has 1 aromatic heterocycles. The molecule has 1 heterocycles. The Kier molecular flexibility index (Phi) is 5.56. The number of ether oxygens (including phenoxy) is 1. The van der Waals surface area contributed by atoms with Crippen LogP contribution < -0.4 is 9.64 Å². The summed E-state index contributed by atoms with van der Waals surface area (Å²) >= 11 is 5.57. The highest BCUT2D eigenvalue weighted by Gasteiger charge is 2.33. The minimum atomic E-state index is -4.65. The summed E-state index contributed by atoms with van der Waals surface area (Å²) in [6.45, 7) is 0. The van der Waals surface area contributed by atoms with E-state index in [-0.39, 0.29) is 5.75 Å². The molecule has 28 heavy (non-hydrogen) atoms. The first-order valence-electron chi connectivity index (χ1n) is 8.08. The minimum Gasteiger partial charge on any atom is -0.410 e. The monoisotopic (exact) mass is 406 g/mol. The third kappa shape index (κ3) is 4.43. The Bertz CT molecular complexity index is 977. The van der Waals surface area contributed by atoms with Gasteiger partial charge in [-0.05, 0) is 47.5 Å². The van der Waals surface area contributed by atoms with E-state index < -0.39 is 22.9 Å². The molecule has 3 aromatic rings. The second kappa shape index (κ2) is 7.90. The number of carbonyl (C=O) groups is 1. The first-order valence-corrected chi connectivity index (χ1v) is 8.46. The first kappa shape index (κ1) is 19.7. The highest BCUT2D eigenvalue weighted by Crippen LogP contribution is 2.37. The van der Waals surface area contributed by atoms with Gasteiger partial charge in [-0.25, -0.2) is 4.79 Å². The molecular formula is C20H14ClF3N2O2. The summed E-state index contributed by atoms with van der Waals surface area (Å²) in [5.74, 6) is -0.249. The molecule has 0 aliphatic carbocycles. The van der Waals surface area contributed by atoms with Crippen LogP contribution >= 0.6 is 11.6 Å². The van der Waals surface area contributed by atoms with Gasteiger partial charge in [-0.2, -0.15) is 13.2 Å². The Morgan fingerprint density at radius 1 is 1.07 bits per heavy atom. The van der Waals surface area contributed by atoms with Crippen LogP contribution in [0, 0.1) is 0 Å². The van der Waals surface area contributed by atoms with Gasteiger partial charge < -0.3 is 4.74 Å². The Morgan fingerprint density at radius 2 is 1.79 bits per heavy atom. The largest absolute Gasteiger partial charge is 0.419 e. The number of hydrogen-bond acceptors (Lipinski definition) is 3. The molecular weight excluding hydrogens is 393 g/mol. The maximum Gasteiger partial charge on any atom is 0.419 e. The van der Waals surface area contributed by atoms with Gasteiger partial charge in [0, 0.05) is 25.1 Å². The number of anilines is 1. The lowest BCUT2D eigenvalue weighted by Gasteiger charge is -2.18. The lowest BCUT2D eigenvalue weighted by atomic mass is 10.1. The van der Waals surface area contributed by atoms with E-state index in [1.165, 1.54) is 18.0 Å². The Hall–Kier alpha value is -3.06. The van der Waals surface area contributed by atoms with Gasteiger partial charge in [0.1, 0.15) is 5.75 Å². The lowest BCUT2D eigenvalue weighted by molar-refractivity contribution is -0.137. The van der Waals surface area contributed by atoms with Gasteiger partial charge in [-0.3, -0.25) is 9.88 Å². The summed E-state index contributed by atoms with van der Waals surface area (Å²) in [6, 6.07) is 13.7. The number of benzene rings is 2. The van der Waals surface area contributed by atoms with Crippen molar-refractivity contribution >= 4 is 23.4 Å². The zero-order valence-corrected chi connectivity index (χ0v) is 15.3. The Balaban J connectivity index is 1.75. The molecule has 1 amide bonds. The van der Waals surface area contributed by atoms with E-state index in [1.807, 2.05) is 12.1 Å². The van der Waals surface area contributed by atoms with Crippen LogP contribution in [0.1, 0.15) is 5.56 Å². The fourth-order valence-corrected chi connectivity index (χ4v) is 2.70. The van der Waals surface area contributed by atoms with Crippen LogP contribution in [0.25, 0.3) is 11.1 Å². The number of pyridine rings is 1. The van der Waals surface area contributed by atoms with Crippen molar-refractivity contribution in [2.45, 2.75) is 6.18 Å². The molecule has 0 aliphatic rings. The number of carbonyl (C=O) groups excluding carboxylic acids is 1. The van der Waals surface area contributed by atoms with Gasteiger partial charge in [-0.1, -0.05) is 29.8 Å². The van der Waals surface area contributed by atoms with Crippen LogP contribution in [0.5, 0.6) is 5.75 Å². The van der Waals surface area contributed by atoms with Gasteiger partial charge in [-0.15, -0.1) is 0 Å². The SMILES string of the molecule is CN(C(=O)Oc1ccc(Cl)c(C(F)(F)F)c1)c1ccc(-c2cccnc2)cc1. The van der Waals surface area contributed by atoms with Crippen molar-refractivity contribution in [3.63, 3.8) is 0 Å². The number of rotatable bonds is 3. The van der Waals surface area contributed by atoms with E-state index in [9.17, 15) is 18.0 Å². The number of alkyl halides is 3. The zero-order chi connectivity index (χ0) is 20.3. The molecule has 8 heteroatoms. The summed E-state index contributed by atoms with van der Waals surface area (Å²) in [6.07, 6.45) is -2.09. The summed E-state index contributed by atoms with van der Waals surface area (Å²) in [5.41, 5.74) is 1.27. The standard InChI is InChI=1S/C20H14ClF3N2O2/c1-26(15-6-4-13(5-7-15)14-3-2-10-25-12-14)19(27)28-16-8-9-18(21)17(11-16)20(22,23)24/h2-12H,1H3. The molecule has 0 spiro atoms. The van der Waals surface area contributed by atoms with E-state index in [0.29, 0.717) is 11.8 Å². The molecule has 144 valence electrons. The van der Waals surface area contributed by atoms with E-state index in [0.717, 1.165) is 17.2 Å². The number of amides is 1. The quantitative estimate of drug-likeness (QED) is 0.531. The average Bonchev–Trinajstić information content (AvgIpc) is 2.69. The molecule has 0 unspecified atom stereocenters. The van der Waals surface area contributed by atoms with Crippen LogP contribution in [0.3, 0.4) is 0 Å². The predicted molar refractivity (Wildman–Crippen MR) is 101 cm³/mol. The minimum absolute atomic E-state index is 0.249. The molecule has 4 nitrogen and oxygen atoms in total. The molecule has 0 saturated heterocycles. The van der Waals surface area contributed by atoms with E-state index in [1.54, 1.807) is 36.7 Å². The number of halogens is 4. The van der Waals surface area contributed by atoms with Crippen molar-refractivity contribution in [2.75, 3.05) is 11.9 Å². The smallest absolute Gasteiger partial charge is 0.410 e. The molecule has 0 saturated carbocycles. The topological polar surface area (TPSA) is 42.4 Å². The fraction of sp³-hybridized carbons (Fsp3) is 0.100. The highest BCUT2D eigenvalue weighted by atomic mass is 35.5. The van der Waals surface area contributed by atoms with Crippen molar-refractivity contribution in [2.24, 2.45) is 0 Å². The van der Waals surface area contributed by atoms with Crippen LogP contribution in [0.2, 0.25) is 5.02 Å². The molecule has 0 bridgehead atoms. The van der Waals surface area contributed by atoms with E-state index >= 15 is 0 Å². The van der Waals surface area contributed by atoms with Crippen molar-refractivity contribution < 1.29 is 22.7 Å². The molecule has 0 atom stereocenters. The zero-order valence-electron chi connectivity index (χ0n) is 14.6. The summed E-state index contributed by atoms with van der Waals surface area (Å²) in [5, 5.41) is -0.466. The van der Waals surface area contributed by atoms with Crippen molar-refractivity contribution in [1.29, 1.82) is 0 Å². The molecule has 2 aromatic carbocycles. The molecule has 3 rings (SSSR count). The molecule has 0 N–H and O–H groups in total. The van der Waals surface area contributed by atoms with Crippen molar-refractivity contribution in [3.8, 4) is 16.9 Å². The third-order valence-electron chi connectivity index (χ3n) is 3.97. The predicted octanol–water partition coefficient (Wildman–Crippen LogP) is 6.06. The average molecular weight is 407 g/mol. The van der Waals surface area contributed by atoms with Crippen LogP contribution in [0.4, 0.5) is 23.7 Å².